The number of rotatable bonds is 7. The summed E-state index contributed by atoms with van der Waals surface area (Å²) in [5.41, 5.74) is 1.58. The van der Waals surface area contributed by atoms with E-state index in [0.29, 0.717) is 6.54 Å². The van der Waals surface area contributed by atoms with Gasteiger partial charge in [0.1, 0.15) is 0 Å². The van der Waals surface area contributed by atoms with Crippen molar-refractivity contribution in [3.05, 3.63) is 35.9 Å². The zero-order valence-electron chi connectivity index (χ0n) is 11.3. The average Bonchev–Trinajstić information content (AvgIpc) is 3.33. The first kappa shape index (κ1) is 12.7. The fourth-order valence-corrected chi connectivity index (χ4v) is 2.55. The molecule has 0 heterocycles. The van der Waals surface area contributed by atoms with Crippen molar-refractivity contribution < 1.29 is 4.79 Å². The molecule has 0 aromatic heterocycles. The van der Waals surface area contributed by atoms with Gasteiger partial charge >= 0.3 is 0 Å². The van der Waals surface area contributed by atoms with Gasteiger partial charge in [-0.15, -0.1) is 0 Å². The van der Waals surface area contributed by atoms with Crippen molar-refractivity contribution in [3.8, 4) is 0 Å². The highest BCUT2D eigenvalue weighted by molar-refractivity contribution is 5.78. The van der Waals surface area contributed by atoms with Gasteiger partial charge in [0.05, 0.1) is 6.54 Å². The van der Waals surface area contributed by atoms with E-state index in [9.17, 15) is 4.79 Å². The largest absolute Gasteiger partial charge is 0.354 e. The molecule has 3 heteroatoms. The first-order valence-electron chi connectivity index (χ1n) is 7.31. The minimum Gasteiger partial charge on any atom is -0.354 e. The highest BCUT2D eigenvalue weighted by Crippen LogP contribution is 2.47. The van der Waals surface area contributed by atoms with E-state index in [-0.39, 0.29) is 11.3 Å². The summed E-state index contributed by atoms with van der Waals surface area (Å²) < 4.78 is 0. The fraction of sp³-hybridized carbons (Fsp3) is 0.562. The Balaban J connectivity index is 1.42. The topological polar surface area (TPSA) is 41.1 Å². The van der Waals surface area contributed by atoms with Gasteiger partial charge in [0.15, 0.2) is 0 Å². The van der Waals surface area contributed by atoms with Gasteiger partial charge in [0.2, 0.25) is 5.91 Å². The van der Waals surface area contributed by atoms with E-state index in [1.54, 1.807) is 0 Å². The Hall–Kier alpha value is -1.35. The third-order valence-corrected chi connectivity index (χ3v) is 4.28. The van der Waals surface area contributed by atoms with Crippen LogP contribution in [0.3, 0.4) is 0 Å². The SMILES string of the molecule is O=C(CNCC1CC1)NCC1(c2ccccc2)CC1. The van der Waals surface area contributed by atoms with Crippen LogP contribution < -0.4 is 10.6 Å². The van der Waals surface area contributed by atoms with Crippen LogP contribution in [0.4, 0.5) is 0 Å². The second-order valence-electron chi connectivity index (χ2n) is 6.00. The fourth-order valence-electron chi connectivity index (χ4n) is 2.55. The Kier molecular flexibility index (Phi) is 3.56. The quantitative estimate of drug-likeness (QED) is 0.783. The number of carbonyl (C=O) groups is 1. The molecule has 2 aliphatic rings. The molecule has 19 heavy (non-hydrogen) atoms. The minimum atomic E-state index is 0.128. The molecule has 3 nitrogen and oxygen atoms in total. The van der Waals surface area contributed by atoms with Gasteiger partial charge in [-0.1, -0.05) is 30.3 Å². The highest BCUT2D eigenvalue weighted by atomic mass is 16.1. The molecule has 2 saturated carbocycles. The predicted molar refractivity (Wildman–Crippen MR) is 76.0 cm³/mol. The van der Waals surface area contributed by atoms with Crippen molar-refractivity contribution in [2.24, 2.45) is 5.92 Å². The van der Waals surface area contributed by atoms with Crippen LogP contribution in [0.15, 0.2) is 30.3 Å². The van der Waals surface area contributed by atoms with Gasteiger partial charge < -0.3 is 10.6 Å². The monoisotopic (exact) mass is 258 g/mol. The van der Waals surface area contributed by atoms with Crippen LogP contribution in [0.2, 0.25) is 0 Å². The molecular weight excluding hydrogens is 236 g/mol. The number of carbonyl (C=O) groups excluding carboxylic acids is 1. The molecular formula is C16H22N2O. The Labute approximate surface area is 114 Å². The maximum atomic E-state index is 11.8. The zero-order chi connectivity index (χ0) is 13.1. The molecule has 1 amide bonds. The molecule has 0 spiro atoms. The van der Waals surface area contributed by atoms with Gasteiger partial charge in [-0.25, -0.2) is 0 Å². The van der Waals surface area contributed by atoms with E-state index in [1.807, 2.05) is 6.07 Å². The minimum absolute atomic E-state index is 0.128. The van der Waals surface area contributed by atoms with Gasteiger partial charge in [-0.05, 0) is 43.7 Å². The summed E-state index contributed by atoms with van der Waals surface area (Å²) in [5, 5.41) is 6.31. The summed E-state index contributed by atoms with van der Waals surface area (Å²) in [5.74, 6) is 0.953. The molecule has 1 aromatic rings. The van der Waals surface area contributed by atoms with Crippen molar-refractivity contribution in [2.45, 2.75) is 31.1 Å². The van der Waals surface area contributed by atoms with E-state index >= 15 is 0 Å². The first-order chi connectivity index (χ1) is 9.28. The molecule has 0 atom stereocenters. The average molecular weight is 258 g/mol. The van der Waals surface area contributed by atoms with Crippen LogP contribution in [0, 0.1) is 5.92 Å². The number of benzene rings is 1. The molecule has 3 rings (SSSR count). The van der Waals surface area contributed by atoms with E-state index in [4.69, 9.17) is 0 Å². The molecule has 0 unspecified atom stereocenters. The second-order valence-corrected chi connectivity index (χ2v) is 6.00. The summed E-state index contributed by atoms with van der Waals surface area (Å²) in [7, 11) is 0. The van der Waals surface area contributed by atoms with Crippen LogP contribution in [-0.4, -0.2) is 25.5 Å². The number of nitrogens with one attached hydrogen (secondary N) is 2. The van der Waals surface area contributed by atoms with E-state index < -0.39 is 0 Å². The van der Waals surface area contributed by atoms with Gasteiger partial charge in [0.25, 0.3) is 0 Å². The van der Waals surface area contributed by atoms with Gasteiger partial charge in [-0.3, -0.25) is 4.79 Å². The third kappa shape index (κ3) is 3.35. The summed E-state index contributed by atoms with van der Waals surface area (Å²) in [6.07, 6.45) is 5.02. The normalized spacial score (nSPS) is 20.0. The van der Waals surface area contributed by atoms with E-state index in [1.165, 1.54) is 31.2 Å². The number of amides is 1. The van der Waals surface area contributed by atoms with Crippen LogP contribution in [0.25, 0.3) is 0 Å². The second kappa shape index (κ2) is 5.33. The number of hydrogen-bond acceptors (Lipinski definition) is 2. The third-order valence-electron chi connectivity index (χ3n) is 4.28. The zero-order valence-corrected chi connectivity index (χ0v) is 11.3. The standard InChI is InChI=1S/C16H22N2O/c19-15(11-17-10-13-6-7-13)18-12-16(8-9-16)14-4-2-1-3-5-14/h1-5,13,17H,6-12H2,(H,18,19). The van der Waals surface area contributed by atoms with Crippen LogP contribution in [0.1, 0.15) is 31.2 Å². The van der Waals surface area contributed by atoms with Crippen LogP contribution in [-0.2, 0) is 10.2 Å². The Morgan fingerprint density at radius 3 is 2.58 bits per heavy atom. The van der Waals surface area contributed by atoms with Crippen LogP contribution in [0.5, 0.6) is 0 Å². The lowest BCUT2D eigenvalue weighted by Crippen LogP contribution is -2.38. The molecule has 1 aromatic carbocycles. The Morgan fingerprint density at radius 1 is 1.21 bits per heavy atom. The van der Waals surface area contributed by atoms with Crippen molar-refractivity contribution in [3.63, 3.8) is 0 Å². The Bertz CT molecular complexity index is 435. The van der Waals surface area contributed by atoms with Crippen molar-refractivity contribution >= 4 is 5.91 Å². The molecule has 0 bridgehead atoms. The lowest BCUT2D eigenvalue weighted by atomic mass is 9.96. The lowest BCUT2D eigenvalue weighted by molar-refractivity contribution is -0.120. The summed E-state index contributed by atoms with van der Waals surface area (Å²) in [4.78, 5) is 11.8. The molecule has 2 fully saturated rings. The molecule has 102 valence electrons. The van der Waals surface area contributed by atoms with Gasteiger partial charge in [0, 0.05) is 12.0 Å². The maximum absolute atomic E-state index is 11.8. The molecule has 2 N–H and O–H groups in total. The van der Waals surface area contributed by atoms with Crippen molar-refractivity contribution in [1.82, 2.24) is 10.6 Å². The predicted octanol–water partition coefficient (Wildman–Crippen LogP) is 1.83. The first-order valence-corrected chi connectivity index (χ1v) is 7.31. The smallest absolute Gasteiger partial charge is 0.233 e. The highest BCUT2D eigenvalue weighted by Gasteiger charge is 2.44. The maximum Gasteiger partial charge on any atom is 0.233 e. The van der Waals surface area contributed by atoms with E-state index in [2.05, 4.69) is 34.9 Å². The molecule has 2 aliphatic carbocycles. The molecule has 0 radical (unpaired) electrons. The number of hydrogen-bond donors (Lipinski definition) is 2. The summed E-state index contributed by atoms with van der Waals surface area (Å²) >= 11 is 0. The van der Waals surface area contributed by atoms with Crippen LogP contribution >= 0.6 is 0 Å². The van der Waals surface area contributed by atoms with Gasteiger partial charge in [-0.2, -0.15) is 0 Å². The summed E-state index contributed by atoms with van der Waals surface area (Å²) in [6.45, 7) is 2.24. The summed E-state index contributed by atoms with van der Waals surface area (Å²) in [6, 6.07) is 10.5. The Morgan fingerprint density at radius 2 is 1.95 bits per heavy atom. The molecule has 0 aliphatic heterocycles. The van der Waals surface area contributed by atoms with E-state index in [0.717, 1.165) is 19.0 Å². The van der Waals surface area contributed by atoms with Crippen molar-refractivity contribution in [2.75, 3.05) is 19.6 Å². The molecule has 0 saturated heterocycles. The van der Waals surface area contributed by atoms with Crippen molar-refractivity contribution in [1.29, 1.82) is 0 Å². The lowest BCUT2D eigenvalue weighted by Gasteiger charge is -2.16.